The molecule has 9 heteroatoms. The summed E-state index contributed by atoms with van der Waals surface area (Å²) in [5, 5.41) is 27.0. The summed E-state index contributed by atoms with van der Waals surface area (Å²) in [6, 6.07) is 1.94. The van der Waals surface area contributed by atoms with Crippen LogP contribution in [0.1, 0.15) is 55.2 Å². The second kappa shape index (κ2) is 11.2. The summed E-state index contributed by atoms with van der Waals surface area (Å²) in [6.45, 7) is 0. The van der Waals surface area contributed by atoms with E-state index in [4.69, 9.17) is 15.3 Å². The Kier molecular flexibility index (Phi) is 8.12. The topological polar surface area (TPSA) is 159 Å². The van der Waals surface area contributed by atoms with Crippen LogP contribution in [-0.4, -0.2) is 48.2 Å². The maximum Gasteiger partial charge on any atom is 0.303 e. The molecule has 9 nitrogen and oxygen atoms in total. The summed E-state index contributed by atoms with van der Waals surface area (Å²) in [4.78, 5) is 42.6. The molecule has 0 bridgehead atoms. The smallest absolute Gasteiger partial charge is 0.303 e. The molecule has 3 heterocycles. The average Bonchev–Trinajstić information content (AvgIpc) is 3.46. The van der Waals surface area contributed by atoms with Crippen LogP contribution in [0, 0.1) is 0 Å². The zero-order chi connectivity index (χ0) is 23.8. The molecule has 3 rings (SSSR count). The van der Waals surface area contributed by atoms with Crippen molar-refractivity contribution in [2.75, 3.05) is 0 Å². The predicted octanol–water partition coefficient (Wildman–Crippen LogP) is 4.23. The van der Waals surface area contributed by atoms with Crippen molar-refractivity contribution >= 4 is 17.9 Å². The molecule has 0 aliphatic heterocycles. The fourth-order valence-electron chi connectivity index (χ4n) is 4.15. The van der Waals surface area contributed by atoms with Crippen LogP contribution in [0.4, 0.5) is 0 Å². The Bertz CT molecular complexity index is 1030. The van der Waals surface area contributed by atoms with Crippen molar-refractivity contribution in [2.24, 2.45) is 0 Å². The third kappa shape index (κ3) is 6.38. The molecule has 0 fully saturated rings. The Morgan fingerprint density at radius 1 is 0.667 bits per heavy atom. The van der Waals surface area contributed by atoms with E-state index in [2.05, 4.69) is 15.0 Å². The number of carboxylic acid groups (broad SMARTS) is 3. The number of aromatic amines is 3. The Labute approximate surface area is 190 Å². The van der Waals surface area contributed by atoms with Crippen molar-refractivity contribution in [1.82, 2.24) is 15.0 Å². The number of hydrogen-bond donors (Lipinski definition) is 6. The molecule has 0 unspecified atom stereocenters. The lowest BCUT2D eigenvalue weighted by molar-refractivity contribution is -0.138. The van der Waals surface area contributed by atoms with Gasteiger partial charge in [-0.05, 0) is 61.3 Å². The zero-order valence-electron chi connectivity index (χ0n) is 18.3. The number of aliphatic carboxylic acids is 3. The SMILES string of the molecule is O=C(O)CCCc1c[nH]cc1-c1c[nH]c(-c2[nH]ccc2CCCC(=O)O)c1CCCC(=O)O. The molecule has 0 saturated carbocycles. The summed E-state index contributed by atoms with van der Waals surface area (Å²) in [7, 11) is 0. The molecule has 0 aliphatic rings. The molecule has 176 valence electrons. The quantitative estimate of drug-likeness (QED) is 0.213. The average molecular weight is 456 g/mol. The van der Waals surface area contributed by atoms with Gasteiger partial charge in [-0.3, -0.25) is 14.4 Å². The van der Waals surface area contributed by atoms with Gasteiger partial charge >= 0.3 is 17.9 Å². The first-order chi connectivity index (χ1) is 15.9. The molecular weight excluding hydrogens is 426 g/mol. The third-order valence-electron chi connectivity index (χ3n) is 5.68. The summed E-state index contributed by atoms with van der Waals surface area (Å²) >= 11 is 0. The van der Waals surface area contributed by atoms with E-state index in [1.54, 1.807) is 0 Å². The van der Waals surface area contributed by atoms with E-state index in [1.165, 1.54) is 0 Å². The van der Waals surface area contributed by atoms with Crippen molar-refractivity contribution in [1.29, 1.82) is 0 Å². The van der Waals surface area contributed by atoms with Gasteiger partial charge in [0.05, 0.1) is 11.4 Å². The number of aromatic nitrogens is 3. The van der Waals surface area contributed by atoms with Gasteiger partial charge in [0.2, 0.25) is 0 Å². The lowest BCUT2D eigenvalue weighted by Crippen LogP contribution is -1.99. The van der Waals surface area contributed by atoms with E-state index in [1.807, 2.05) is 30.9 Å². The van der Waals surface area contributed by atoms with E-state index in [-0.39, 0.29) is 19.3 Å². The fraction of sp³-hybridized carbons (Fsp3) is 0.375. The maximum absolute atomic E-state index is 11.1. The van der Waals surface area contributed by atoms with Crippen LogP contribution >= 0.6 is 0 Å². The Balaban J connectivity index is 1.92. The molecule has 0 spiro atoms. The standard InChI is InChI=1S/C24H29N3O6/c28-20(29)7-1-4-15-10-11-26-23(15)24-17(6-3-9-22(32)33)19(14-27-24)18-13-25-12-16(18)5-2-8-21(30)31/h10-14,25-27H,1-9H2,(H,28,29)(H,30,31)(H,32,33). The van der Waals surface area contributed by atoms with Crippen LogP contribution in [0.15, 0.2) is 30.9 Å². The highest BCUT2D eigenvalue weighted by atomic mass is 16.4. The summed E-state index contributed by atoms with van der Waals surface area (Å²) in [5.74, 6) is -2.50. The van der Waals surface area contributed by atoms with Gasteiger partial charge in [-0.2, -0.15) is 0 Å². The number of aryl methyl sites for hydroxylation is 2. The van der Waals surface area contributed by atoms with Crippen molar-refractivity contribution in [3.63, 3.8) is 0 Å². The zero-order valence-corrected chi connectivity index (χ0v) is 18.3. The van der Waals surface area contributed by atoms with Gasteiger partial charge in [0, 0.05) is 55.2 Å². The monoisotopic (exact) mass is 455 g/mol. The first-order valence-electron chi connectivity index (χ1n) is 11.0. The van der Waals surface area contributed by atoms with Gasteiger partial charge in [-0.1, -0.05) is 0 Å². The van der Waals surface area contributed by atoms with Gasteiger partial charge < -0.3 is 30.3 Å². The second-order valence-corrected chi connectivity index (χ2v) is 8.07. The van der Waals surface area contributed by atoms with Crippen LogP contribution < -0.4 is 0 Å². The van der Waals surface area contributed by atoms with Crippen LogP contribution in [0.2, 0.25) is 0 Å². The van der Waals surface area contributed by atoms with E-state index in [0.29, 0.717) is 38.5 Å². The van der Waals surface area contributed by atoms with Crippen LogP contribution in [0.5, 0.6) is 0 Å². The van der Waals surface area contributed by atoms with Gasteiger partial charge in [0.1, 0.15) is 0 Å². The molecule has 3 aromatic rings. The van der Waals surface area contributed by atoms with E-state index < -0.39 is 17.9 Å². The first kappa shape index (κ1) is 23.9. The highest BCUT2D eigenvalue weighted by molar-refractivity contribution is 5.79. The van der Waals surface area contributed by atoms with Crippen molar-refractivity contribution in [3.05, 3.63) is 47.5 Å². The number of hydrogen-bond acceptors (Lipinski definition) is 3. The number of carboxylic acids is 3. The normalized spacial score (nSPS) is 11.0. The second-order valence-electron chi connectivity index (χ2n) is 8.07. The summed E-state index contributed by atoms with van der Waals surface area (Å²) in [6.07, 6.45) is 11.0. The maximum atomic E-state index is 11.1. The van der Waals surface area contributed by atoms with E-state index >= 15 is 0 Å². The minimum absolute atomic E-state index is 0.0544. The highest BCUT2D eigenvalue weighted by Crippen LogP contribution is 2.36. The third-order valence-corrected chi connectivity index (χ3v) is 5.68. The largest absolute Gasteiger partial charge is 0.481 e. The van der Waals surface area contributed by atoms with E-state index in [9.17, 15) is 14.4 Å². The van der Waals surface area contributed by atoms with Gasteiger partial charge in [-0.25, -0.2) is 0 Å². The molecular formula is C24H29N3O6. The van der Waals surface area contributed by atoms with Crippen molar-refractivity contribution < 1.29 is 29.7 Å². The van der Waals surface area contributed by atoms with Crippen molar-refractivity contribution in [2.45, 2.75) is 57.8 Å². The van der Waals surface area contributed by atoms with E-state index in [0.717, 1.165) is 39.2 Å². The number of nitrogens with one attached hydrogen (secondary N) is 3. The highest BCUT2D eigenvalue weighted by Gasteiger charge is 2.20. The first-order valence-corrected chi connectivity index (χ1v) is 11.0. The minimum Gasteiger partial charge on any atom is -0.481 e. The van der Waals surface area contributed by atoms with Gasteiger partial charge in [0.15, 0.2) is 0 Å². The number of H-pyrrole nitrogens is 3. The molecule has 0 radical (unpaired) electrons. The lowest BCUT2D eigenvalue weighted by Gasteiger charge is -2.10. The Morgan fingerprint density at radius 3 is 1.91 bits per heavy atom. The Hall–Kier alpha value is -3.75. The number of rotatable bonds is 14. The summed E-state index contributed by atoms with van der Waals surface area (Å²) in [5.41, 5.74) is 6.65. The molecule has 6 N–H and O–H groups in total. The molecule has 0 atom stereocenters. The minimum atomic E-state index is -0.848. The molecule has 0 amide bonds. The molecule has 0 aromatic carbocycles. The van der Waals surface area contributed by atoms with Crippen LogP contribution in [0.3, 0.4) is 0 Å². The Morgan fingerprint density at radius 2 is 1.27 bits per heavy atom. The van der Waals surface area contributed by atoms with Gasteiger partial charge in [0.25, 0.3) is 0 Å². The van der Waals surface area contributed by atoms with Crippen molar-refractivity contribution in [3.8, 4) is 22.5 Å². The fourth-order valence-corrected chi connectivity index (χ4v) is 4.15. The van der Waals surface area contributed by atoms with Crippen LogP contribution in [0.25, 0.3) is 22.5 Å². The molecule has 0 saturated heterocycles. The molecule has 33 heavy (non-hydrogen) atoms. The summed E-state index contributed by atoms with van der Waals surface area (Å²) < 4.78 is 0. The predicted molar refractivity (Wildman–Crippen MR) is 122 cm³/mol. The van der Waals surface area contributed by atoms with Gasteiger partial charge in [-0.15, -0.1) is 0 Å². The lowest BCUT2D eigenvalue weighted by atomic mass is 9.94. The number of carbonyl (C=O) groups is 3. The van der Waals surface area contributed by atoms with Crippen LogP contribution in [-0.2, 0) is 33.6 Å². The molecule has 0 aliphatic carbocycles. The molecule has 3 aromatic heterocycles.